The van der Waals surface area contributed by atoms with Crippen molar-refractivity contribution < 1.29 is 9.53 Å². The highest BCUT2D eigenvalue weighted by molar-refractivity contribution is 8.13. The zero-order valence-corrected chi connectivity index (χ0v) is 17.7. The van der Waals surface area contributed by atoms with Crippen LogP contribution in [0.15, 0.2) is 89.9 Å². The van der Waals surface area contributed by atoms with E-state index in [1.54, 1.807) is 0 Å². The fraction of sp³-hybridized carbons (Fsp3) is 0.167. The van der Waals surface area contributed by atoms with Crippen LogP contribution >= 0.6 is 11.8 Å². The van der Waals surface area contributed by atoms with Crippen LogP contribution in [-0.4, -0.2) is 22.3 Å². The van der Waals surface area contributed by atoms with Crippen molar-refractivity contribution in [3.8, 4) is 5.75 Å². The number of carbonyl (C=O) groups excluding carboxylic acids is 1. The van der Waals surface area contributed by atoms with Gasteiger partial charge in [0.15, 0.2) is 10.7 Å². The lowest BCUT2D eigenvalue weighted by molar-refractivity contribution is -0.129. The quantitative estimate of drug-likeness (QED) is 0.608. The normalized spacial score (nSPS) is 18.3. The summed E-state index contributed by atoms with van der Waals surface area (Å²) >= 11 is 1.44. The molecular formula is C24H23N3O2S. The lowest BCUT2D eigenvalue weighted by Crippen LogP contribution is -2.42. The molecule has 0 spiro atoms. The van der Waals surface area contributed by atoms with Gasteiger partial charge in [0.2, 0.25) is 0 Å². The van der Waals surface area contributed by atoms with Crippen molar-refractivity contribution in [3.63, 3.8) is 0 Å². The Hall–Kier alpha value is -3.25. The lowest BCUT2D eigenvalue weighted by atomic mass is 9.92. The van der Waals surface area contributed by atoms with Crippen LogP contribution in [0.5, 0.6) is 5.75 Å². The second kappa shape index (κ2) is 8.63. The number of aliphatic imine (C=N–C) groups is 1. The molecule has 6 heteroatoms. The summed E-state index contributed by atoms with van der Waals surface area (Å²) in [6.07, 6.45) is 1.91. The minimum Gasteiger partial charge on any atom is -0.489 e. The first-order chi connectivity index (χ1) is 14.6. The number of hydrazine groups is 1. The van der Waals surface area contributed by atoms with E-state index in [9.17, 15) is 4.79 Å². The molecule has 30 heavy (non-hydrogen) atoms. The number of benzene rings is 3. The van der Waals surface area contributed by atoms with Gasteiger partial charge in [-0.25, -0.2) is 4.99 Å². The van der Waals surface area contributed by atoms with Crippen molar-refractivity contribution in [1.29, 1.82) is 0 Å². The molecular weight excluding hydrogens is 394 g/mol. The van der Waals surface area contributed by atoms with E-state index in [1.165, 1.54) is 16.8 Å². The topological polar surface area (TPSA) is 53.9 Å². The molecule has 0 saturated carbocycles. The number of amidine groups is 1. The second-order valence-electron chi connectivity index (χ2n) is 7.09. The van der Waals surface area contributed by atoms with E-state index < -0.39 is 5.54 Å². The van der Waals surface area contributed by atoms with Gasteiger partial charge < -0.3 is 4.74 Å². The highest BCUT2D eigenvalue weighted by Gasteiger charge is 2.46. The number of carbonyl (C=O) groups is 1. The predicted octanol–water partition coefficient (Wildman–Crippen LogP) is 5.07. The first-order valence-corrected chi connectivity index (χ1v) is 10.9. The number of ether oxygens (including phenoxy) is 1. The number of rotatable bonds is 6. The number of anilines is 1. The third kappa shape index (κ3) is 4.04. The molecule has 152 valence electrons. The van der Waals surface area contributed by atoms with Crippen LogP contribution in [0.2, 0.25) is 0 Å². The van der Waals surface area contributed by atoms with E-state index in [1.807, 2.05) is 98.1 Å². The average molecular weight is 418 g/mol. The van der Waals surface area contributed by atoms with Crippen molar-refractivity contribution in [2.45, 2.75) is 19.1 Å². The maximum absolute atomic E-state index is 13.3. The number of para-hydroxylation sites is 1. The zero-order chi connectivity index (χ0) is 21.0. The molecule has 1 N–H and O–H groups in total. The Labute approximate surface area is 180 Å². The van der Waals surface area contributed by atoms with E-state index in [4.69, 9.17) is 9.73 Å². The van der Waals surface area contributed by atoms with Gasteiger partial charge in [-0.05, 0) is 48.6 Å². The summed E-state index contributed by atoms with van der Waals surface area (Å²) in [4.78, 5) is 18.0. The fourth-order valence-electron chi connectivity index (χ4n) is 3.28. The molecule has 0 fully saturated rings. The number of nitrogens with one attached hydrogen (secondary N) is 1. The Morgan fingerprint density at radius 1 is 0.967 bits per heavy atom. The summed E-state index contributed by atoms with van der Waals surface area (Å²) in [5.41, 5.74) is 4.95. The lowest BCUT2D eigenvalue weighted by Gasteiger charge is -2.24. The number of hydrogen-bond donors (Lipinski definition) is 1. The maximum Gasteiger partial charge on any atom is 0.279 e. The number of thioether (sulfide) groups is 1. The van der Waals surface area contributed by atoms with Crippen LogP contribution in [-0.2, 0) is 16.9 Å². The number of amides is 1. The smallest absolute Gasteiger partial charge is 0.279 e. The second-order valence-corrected chi connectivity index (χ2v) is 7.86. The molecule has 0 radical (unpaired) electrons. The molecule has 1 unspecified atom stereocenters. The molecule has 0 aromatic heterocycles. The van der Waals surface area contributed by atoms with Crippen LogP contribution < -0.4 is 10.2 Å². The van der Waals surface area contributed by atoms with Crippen molar-refractivity contribution in [2.75, 3.05) is 11.7 Å². The van der Waals surface area contributed by atoms with Gasteiger partial charge in [-0.2, -0.15) is 5.01 Å². The Bertz CT molecular complexity index is 1040. The molecule has 3 aromatic carbocycles. The Balaban J connectivity index is 1.51. The highest BCUT2D eigenvalue weighted by Crippen LogP contribution is 2.36. The van der Waals surface area contributed by atoms with Crippen molar-refractivity contribution in [3.05, 3.63) is 96.1 Å². The standard InChI is InChI=1S/C24H23N3O2S/c1-24(19-13-15-21(16-14-19)29-17-18-9-5-3-6-10-18)22(28)27(23(25-24)30-2)26-20-11-7-4-8-12-20/h3-16,26H,17H2,1-2H3. The minimum absolute atomic E-state index is 0.117. The van der Waals surface area contributed by atoms with E-state index in [0.29, 0.717) is 11.8 Å². The van der Waals surface area contributed by atoms with Gasteiger partial charge >= 0.3 is 0 Å². The van der Waals surface area contributed by atoms with Crippen LogP contribution in [0.4, 0.5) is 5.69 Å². The van der Waals surface area contributed by atoms with Crippen LogP contribution in [0.25, 0.3) is 0 Å². The van der Waals surface area contributed by atoms with Gasteiger partial charge in [-0.15, -0.1) is 0 Å². The molecule has 1 atom stereocenters. The Morgan fingerprint density at radius 3 is 2.23 bits per heavy atom. The average Bonchev–Trinajstić information content (AvgIpc) is 3.05. The SMILES string of the molecule is CSC1=NC(C)(c2ccc(OCc3ccccc3)cc2)C(=O)N1Nc1ccccc1. The van der Waals surface area contributed by atoms with E-state index in [0.717, 1.165) is 22.6 Å². The summed E-state index contributed by atoms with van der Waals surface area (Å²) in [7, 11) is 0. The Morgan fingerprint density at radius 2 is 1.60 bits per heavy atom. The van der Waals surface area contributed by atoms with Crippen LogP contribution in [0.1, 0.15) is 18.1 Å². The molecule has 0 aliphatic carbocycles. The van der Waals surface area contributed by atoms with E-state index in [-0.39, 0.29) is 5.91 Å². The first-order valence-electron chi connectivity index (χ1n) is 9.67. The predicted molar refractivity (Wildman–Crippen MR) is 122 cm³/mol. The summed E-state index contributed by atoms with van der Waals surface area (Å²) in [5, 5.41) is 2.16. The van der Waals surface area contributed by atoms with Crippen molar-refractivity contribution >= 4 is 28.5 Å². The van der Waals surface area contributed by atoms with E-state index >= 15 is 0 Å². The summed E-state index contributed by atoms with van der Waals surface area (Å²) < 4.78 is 5.86. The number of hydrogen-bond acceptors (Lipinski definition) is 5. The summed E-state index contributed by atoms with van der Waals surface area (Å²) in [6, 6.07) is 27.2. The highest BCUT2D eigenvalue weighted by atomic mass is 32.2. The van der Waals surface area contributed by atoms with E-state index in [2.05, 4.69) is 5.43 Å². The molecule has 1 aliphatic heterocycles. The fourth-order valence-corrected chi connectivity index (χ4v) is 3.86. The summed E-state index contributed by atoms with van der Waals surface area (Å²) in [6.45, 7) is 2.35. The number of nitrogens with zero attached hydrogens (tertiary/aromatic N) is 2. The minimum atomic E-state index is -0.988. The molecule has 1 aliphatic rings. The first kappa shape index (κ1) is 20.0. The third-order valence-corrected chi connectivity index (χ3v) is 5.63. The molecule has 0 saturated heterocycles. The van der Waals surface area contributed by atoms with Gasteiger partial charge in [-0.3, -0.25) is 10.2 Å². The summed E-state index contributed by atoms with van der Waals surface area (Å²) in [5.74, 6) is 0.638. The van der Waals surface area contributed by atoms with Crippen LogP contribution in [0.3, 0.4) is 0 Å². The molecule has 1 heterocycles. The maximum atomic E-state index is 13.3. The largest absolute Gasteiger partial charge is 0.489 e. The molecule has 4 rings (SSSR count). The molecule has 0 bridgehead atoms. The molecule has 1 amide bonds. The molecule has 3 aromatic rings. The van der Waals surface area contributed by atoms with Gasteiger partial charge in [0, 0.05) is 0 Å². The Kier molecular flexibility index (Phi) is 5.77. The monoisotopic (exact) mass is 417 g/mol. The molecule has 5 nitrogen and oxygen atoms in total. The van der Waals surface area contributed by atoms with Crippen LogP contribution in [0, 0.1) is 0 Å². The van der Waals surface area contributed by atoms with Crippen molar-refractivity contribution in [1.82, 2.24) is 5.01 Å². The zero-order valence-electron chi connectivity index (χ0n) is 16.9. The van der Waals surface area contributed by atoms with Gasteiger partial charge in [0.1, 0.15) is 12.4 Å². The van der Waals surface area contributed by atoms with Crippen molar-refractivity contribution in [2.24, 2.45) is 4.99 Å². The third-order valence-electron chi connectivity index (χ3n) is 4.99. The van der Waals surface area contributed by atoms with Gasteiger partial charge in [0.25, 0.3) is 5.91 Å². The van der Waals surface area contributed by atoms with Gasteiger partial charge in [0.05, 0.1) is 5.69 Å². The van der Waals surface area contributed by atoms with Gasteiger partial charge in [-0.1, -0.05) is 72.4 Å².